The van der Waals surface area contributed by atoms with Crippen LogP contribution in [0.2, 0.25) is 0 Å². The predicted molar refractivity (Wildman–Crippen MR) is 73.3 cm³/mol. The van der Waals surface area contributed by atoms with Crippen LogP contribution in [0, 0.1) is 11.3 Å². The molecule has 0 aliphatic carbocycles. The number of nitriles is 1. The van der Waals surface area contributed by atoms with Gasteiger partial charge in [0.15, 0.2) is 0 Å². The second-order valence-electron chi connectivity index (χ2n) is 5.89. The average molecular weight is 250 g/mol. The van der Waals surface area contributed by atoms with E-state index in [9.17, 15) is 5.26 Å². The molecule has 2 atom stereocenters. The van der Waals surface area contributed by atoms with Gasteiger partial charge < -0.3 is 0 Å². The van der Waals surface area contributed by atoms with E-state index in [-0.39, 0.29) is 0 Å². The van der Waals surface area contributed by atoms with Gasteiger partial charge in [-0.3, -0.25) is 15.1 Å². The highest BCUT2D eigenvalue weighted by atomic mass is 15.3. The Bertz CT molecular complexity index is 305. The maximum Gasteiger partial charge on any atom is 0.116 e. The lowest BCUT2D eigenvalue weighted by molar-refractivity contribution is 0.214. The molecule has 2 heterocycles. The lowest BCUT2D eigenvalue weighted by Gasteiger charge is -2.29. The largest absolute Gasteiger partial charge is 0.299 e. The van der Waals surface area contributed by atoms with Crippen LogP contribution in [0.25, 0.3) is 0 Å². The van der Waals surface area contributed by atoms with Gasteiger partial charge in [0.05, 0.1) is 6.07 Å². The van der Waals surface area contributed by atoms with E-state index in [0.717, 1.165) is 32.2 Å². The predicted octanol–water partition coefficient (Wildman–Crippen LogP) is 1.05. The van der Waals surface area contributed by atoms with Crippen LogP contribution in [0.1, 0.15) is 33.1 Å². The Morgan fingerprint density at radius 2 is 2.06 bits per heavy atom. The maximum atomic E-state index is 9.30. The highest BCUT2D eigenvalue weighted by molar-refractivity contribution is 5.06. The SMILES string of the molecule is CCNC(C)(C#N)CN1CCC(N2CCCC2)C1. The van der Waals surface area contributed by atoms with Crippen molar-refractivity contribution in [3.63, 3.8) is 0 Å². The van der Waals surface area contributed by atoms with Crippen molar-refractivity contribution in [2.24, 2.45) is 0 Å². The first kappa shape index (κ1) is 13.8. The summed E-state index contributed by atoms with van der Waals surface area (Å²) in [7, 11) is 0. The molecule has 2 aliphatic rings. The molecule has 0 aromatic rings. The minimum absolute atomic E-state index is 0.394. The van der Waals surface area contributed by atoms with E-state index >= 15 is 0 Å². The van der Waals surface area contributed by atoms with E-state index in [1.165, 1.54) is 32.4 Å². The standard InChI is InChI=1S/C14H26N4/c1-3-16-14(2,11-15)12-17-9-6-13(10-17)18-7-4-5-8-18/h13,16H,3-10,12H2,1-2H3. The third-order valence-electron chi connectivity index (χ3n) is 4.26. The van der Waals surface area contributed by atoms with E-state index in [4.69, 9.17) is 0 Å². The molecule has 0 aromatic carbocycles. The summed E-state index contributed by atoms with van der Waals surface area (Å²) in [6.07, 6.45) is 4.00. The Labute approximate surface area is 111 Å². The number of nitrogens with one attached hydrogen (secondary N) is 1. The van der Waals surface area contributed by atoms with Crippen molar-refractivity contribution >= 4 is 0 Å². The summed E-state index contributed by atoms with van der Waals surface area (Å²) in [5, 5.41) is 12.6. The van der Waals surface area contributed by atoms with Crippen LogP contribution >= 0.6 is 0 Å². The van der Waals surface area contributed by atoms with Gasteiger partial charge in [-0.25, -0.2) is 0 Å². The van der Waals surface area contributed by atoms with Crippen molar-refractivity contribution < 1.29 is 0 Å². The maximum absolute atomic E-state index is 9.30. The lowest BCUT2D eigenvalue weighted by Crippen LogP contribution is -2.50. The molecule has 2 saturated heterocycles. The normalized spacial score (nSPS) is 29.3. The van der Waals surface area contributed by atoms with Gasteiger partial charge >= 0.3 is 0 Å². The van der Waals surface area contributed by atoms with E-state index in [2.05, 4.69) is 28.1 Å². The molecular formula is C14H26N4. The number of likely N-dealkylation sites (N-methyl/N-ethyl adjacent to an activating group) is 1. The summed E-state index contributed by atoms with van der Waals surface area (Å²) < 4.78 is 0. The van der Waals surface area contributed by atoms with Gasteiger partial charge in [0.25, 0.3) is 0 Å². The topological polar surface area (TPSA) is 42.3 Å². The first-order valence-corrected chi connectivity index (χ1v) is 7.29. The number of hydrogen-bond acceptors (Lipinski definition) is 4. The van der Waals surface area contributed by atoms with Gasteiger partial charge in [-0.05, 0) is 52.4 Å². The third kappa shape index (κ3) is 3.23. The van der Waals surface area contributed by atoms with Crippen LogP contribution in [0.3, 0.4) is 0 Å². The Balaban J connectivity index is 1.83. The van der Waals surface area contributed by atoms with E-state index in [1.54, 1.807) is 0 Å². The fourth-order valence-electron chi connectivity index (χ4n) is 3.33. The summed E-state index contributed by atoms with van der Waals surface area (Å²) in [5.41, 5.74) is -0.394. The molecule has 2 unspecified atom stereocenters. The molecule has 0 amide bonds. The second kappa shape index (κ2) is 6.01. The highest BCUT2D eigenvalue weighted by Gasteiger charge is 2.33. The summed E-state index contributed by atoms with van der Waals surface area (Å²) in [5.74, 6) is 0. The van der Waals surface area contributed by atoms with Crippen LogP contribution in [0.15, 0.2) is 0 Å². The molecule has 2 fully saturated rings. The van der Waals surface area contributed by atoms with Crippen molar-refractivity contribution in [1.82, 2.24) is 15.1 Å². The molecule has 0 radical (unpaired) electrons. The molecule has 4 heteroatoms. The highest BCUT2D eigenvalue weighted by Crippen LogP contribution is 2.21. The Morgan fingerprint density at radius 3 is 2.67 bits per heavy atom. The molecule has 18 heavy (non-hydrogen) atoms. The van der Waals surface area contributed by atoms with Gasteiger partial charge in [0.1, 0.15) is 5.54 Å². The molecule has 4 nitrogen and oxygen atoms in total. The molecule has 2 aliphatic heterocycles. The van der Waals surface area contributed by atoms with Crippen LogP contribution < -0.4 is 5.32 Å². The Morgan fingerprint density at radius 1 is 1.33 bits per heavy atom. The van der Waals surface area contributed by atoms with Crippen molar-refractivity contribution in [2.45, 2.75) is 44.7 Å². The van der Waals surface area contributed by atoms with E-state index < -0.39 is 5.54 Å². The summed E-state index contributed by atoms with van der Waals surface area (Å²) in [4.78, 5) is 5.09. The average Bonchev–Trinajstić information content (AvgIpc) is 2.99. The van der Waals surface area contributed by atoms with Gasteiger partial charge in [-0.15, -0.1) is 0 Å². The third-order valence-corrected chi connectivity index (χ3v) is 4.26. The fraction of sp³-hybridized carbons (Fsp3) is 0.929. The van der Waals surface area contributed by atoms with Gasteiger partial charge in [-0.1, -0.05) is 6.92 Å². The number of hydrogen-bond donors (Lipinski definition) is 1. The van der Waals surface area contributed by atoms with Gasteiger partial charge in [-0.2, -0.15) is 5.26 Å². The van der Waals surface area contributed by atoms with Crippen LogP contribution in [-0.2, 0) is 0 Å². The molecule has 0 spiro atoms. The van der Waals surface area contributed by atoms with Crippen LogP contribution in [-0.4, -0.2) is 60.6 Å². The van der Waals surface area contributed by atoms with Crippen molar-refractivity contribution in [2.75, 3.05) is 39.3 Å². The smallest absolute Gasteiger partial charge is 0.116 e. The van der Waals surface area contributed by atoms with Gasteiger partial charge in [0, 0.05) is 19.1 Å². The van der Waals surface area contributed by atoms with Crippen molar-refractivity contribution in [3.8, 4) is 6.07 Å². The van der Waals surface area contributed by atoms with Crippen molar-refractivity contribution in [3.05, 3.63) is 0 Å². The summed E-state index contributed by atoms with van der Waals surface area (Å²) in [6.45, 7) is 10.6. The molecule has 0 bridgehead atoms. The molecular weight excluding hydrogens is 224 g/mol. The van der Waals surface area contributed by atoms with E-state index in [0.29, 0.717) is 0 Å². The summed E-state index contributed by atoms with van der Waals surface area (Å²) in [6, 6.07) is 3.16. The monoisotopic (exact) mass is 250 g/mol. The van der Waals surface area contributed by atoms with Crippen molar-refractivity contribution in [1.29, 1.82) is 5.26 Å². The minimum atomic E-state index is -0.394. The first-order valence-electron chi connectivity index (χ1n) is 7.29. The molecule has 1 N–H and O–H groups in total. The second-order valence-corrected chi connectivity index (χ2v) is 5.89. The molecule has 0 aromatic heterocycles. The minimum Gasteiger partial charge on any atom is -0.299 e. The Hall–Kier alpha value is -0.630. The molecule has 102 valence electrons. The Kier molecular flexibility index (Phi) is 4.60. The van der Waals surface area contributed by atoms with Gasteiger partial charge in [0.2, 0.25) is 0 Å². The fourth-order valence-corrected chi connectivity index (χ4v) is 3.33. The zero-order valence-electron chi connectivity index (χ0n) is 11.8. The molecule has 0 saturated carbocycles. The molecule has 2 rings (SSSR count). The number of rotatable bonds is 5. The number of nitrogens with zero attached hydrogens (tertiary/aromatic N) is 3. The van der Waals surface area contributed by atoms with Crippen LogP contribution in [0.5, 0.6) is 0 Å². The van der Waals surface area contributed by atoms with E-state index in [1.807, 2.05) is 6.92 Å². The van der Waals surface area contributed by atoms with Crippen LogP contribution in [0.4, 0.5) is 0 Å². The zero-order valence-corrected chi connectivity index (χ0v) is 11.8. The first-order chi connectivity index (χ1) is 8.67. The quantitative estimate of drug-likeness (QED) is 0.792. The lowest BCUT2D eigenvalue weighted by atomic mass is 10.0. The zero-order chi connectivity index (χ0) is 13.0. The number of likely N-dealkylation sites (tertiary alicyclic amines) is 2. The summed E-state index contributed by atoms with van der Waals surface area (Å²) >= 11 is 0.